The molecule has 1 saturated carbocycles. The van der Waals surface area contributed by atoms with Crippen LogP contribution in [0.3, 0.4) is 0 Å². The Morgan fingerprint density at radius 1 is 1.12 bits per heavy atom. The number of hydrogen-bond acceptors (Lipinski definition) is 2. The van der Waals surface area contributed by atoms with Gasteiger partial charge in [-0.3, -0.25) is 4.90 Å². The summed E-state index contributed by atoms with van der Waals surface area (Å²) in [6, 6.07) is 1.69. The van der Waals surface area contributed by atoms with E-state index in [1.165, 1.54) is 71.0 Å². The Morgan fingerprint density at radius 3 is 2.71 bits per heavy atom. The molecule has 17 heavy (non-hydrogen) atoms. The van der Waals surface area contributed by atoms with Crippen molar-refractivity contribution in [1.29, 1.82) is 0 Å². The summed E-state index contributed by atoms with van der Waals surface area (Å²) in [5, 5.41) is 3.95. The highest BCUT2D eigenvalue weighted by Crippen LogP contribution is 2.40. The molecule has 1 aliphatic carbocycles. The zero-order valence-electron chi connectivity index (χ0n) is 11.4. The molecule has 0 aromatic rings. The van der Waals surface area contributed by atoms with Crippen molar-refractivity contribution in [2.24, 2.45) is 5.41 Å². The minimum absolute atomic E-state index is 0.659. The lowest BCUT2D eigenvalue weighted by atomic mass is 9.83. The predicted octanol–water partition coefficient (Wildman–Crippen LogP) is 2.78. The summed E-state index contributed by atoms with van der Waals surface area (Å²) in [7, 11) is 0. The summed E-state index contributed by atoms with van der Waals surface area (Å²) in [6.45, 7) is 6.39. The summed E-state index contributed by atoms with van der Waals surface area (Å²) in [5.41, 5.74) is 0.659. The average Bonchev–Trinajstić information content (AvgIpc) is 3.04. The maximum Gasteiger partial charge on any atom is 0.0250 e. The van der Waals surface area contributed by atoms with Gasteiger partial charge in [-0.25, -0.2) is 0 Å². The van der Waals surface area contributed by atoms with Gasteiger partial charge in [0.25, 0.3) is 0 Å². The number of nitrogens with one attached hydrogen (secondary N) is 1. The Bertz CT molecular complexity index is 258. The van der Waals surface area contributed by atoms with Gasteiger partial charge in [-0.05, 0) is 50.5 Å². The number of hydrogen-bond donors (Lipinski definition) is 1. The first-order valence-corrected chi connectivity index (χ1v) is 7.80. The van der Waals surface area contributed by atoms with Crippen molar-refractivity contribution in [2.45, 2.75) is 70.4 Å². The molecule has 0 bridgehead atoms. The van der Waals surface area contributed by atoms with E-state index in [0.717, 1.165) is 12.1 Å². The normalized spacial score (nSPS) is 36.5. The monoisotopic (exact) mass is 236 g/mol. The molecule has 3 fully saturated rings. The van der Waals surface area contributed by atoms with E-state index in [2.05, 4.69) is 17.1 Å². The molecule has 3 rings (SSSR count). The molecule has 2 aliphatic heterocycles. The molecule has 0 spiro atoms. The van der Waals surface area contributed by atoms with Gasteiger partial charge in [0, 0.05) is 25.2 Å². The number of nitrogens with zero attached hydrogens (tertiary/aromatic N) is 1. The first kappa shape index (κ1) is 12.0. The van der Waals surface area contributed by atoms with Gasteiger partial charge in [-0.1, -0.05) is 19.8 Å². The van der Waals surface area contributed by atoms with E-state index in [1.54, 1.807) is 0 Å². The van der Waals surface area contributed by atoms with Gasteiger partial charge in [-0.15, -0.1) is 0 Å². The second-order valence-electron chi connectivity index (χ2n) is 6.58. The van der Waals surface area contributed by atoms with Gasteiger partial charge in [0.2, 0.25) is 0 Å². The van der Waals surface area contributed by atoms with Crippen molar-refractivity contribution >= 4 is 0 Å². The largest absolute Gasteiger partial charge is 0.312 e. The molecule has 3 aliphatic rings. The summed E-state index contributed by atoms with van der Waals surface area (Å²) in [4.78, 5) is 2.71. The maximum atomic E-state index is 3.95. The smallest absolute Gasteiger partial charge is 0.0250 e. The molecule has 0 radical (unpaired) electrons. The van der Waals surface area contributed by atoms with Crippen molar-refractivity contribution in [1.82, 2.24) is 10.2 Å². The van der Waals surface area contributed by atoms with Crippen molar-refractivity contribution in [3.63, 3.8) is 0 Å². The highest BCUT2D eigenvalue weighted by Gasteiger charge is 2.39. The molecule has 0 amide bonds. The average molecular weight is 236 g/mol. The van der Waals surface area contributed by atoms with E-state index >= 15 is 0 Å². The second-order valence-corrected chi connectivity index (χ2v) is 6.58. The molecule has 0 aromatic carbocycles. The molecule has 2 nitrogen and oxygen atoms in total. The highest BCUT2D eigenvalue weighted by atomic mass is 15.2. The molecular formula is C15H28N2. The van der Waals surface area contributed by atoms with Crippen molar-refractivity contribution in [2.75, 3.05) is 19.6 Å². The third-order valence-electron chi connectivity index (χ3n) is 5.76. The van der Waals surface area contributed by atoms with E-state index in [0.29, 0.717) is 5.41 Å². The van der Waals surface area contributed by atoms with E-state index in [9.17, 15) is 0 Å². The Balaban J connectivity index is 1.53. The first-order chi connectivity index (χ1) is 8.33. The topological polar surface area (TPSA) is 15.3 Å². The predicted molar refractivity (Wildman–Crippen MR) is 72.2 cm³/mol. The van der Waals surface area contributed by atoms with Crippen molar-refractivity contribution in [3.05, 3.63) is 0 Å². The molecule has 2 unspecified atom stereocenters. The SMILES string of the molecule is CCC1(CNC2CCN3CCCC23)CCCC1. The van der Waals surface area contributed by atoms with Crippen molar-refractivity contribution < 1.29 is 0 Å². The summed E-state index contributed by atoms with van der Waals surface area (Å²) < 4.78 is 0. The van der Waals surface area contributed by atoms with E-state index in [1.807, 2.05) is 0 Å². The molecule has 2 saturated heterocycles. The van der Waals surface area contributed by atoms with Gasteiger partial charge in [0.15, 0.2) is 0 Å². The summed E-state index contributed by atoms with van der Waals surface area (Å²) >= 11 is 0. The van der Waals surface area contributed by atoms with Crippen LogP contribution in [0.4, 0.5) is 0 Å². The van der Waals surface area contributed by atoms with E-state index in [4.69, 9.17) is 0 Å². The van der Waals surface area contributed by atoms with Gasteiger partial charge >= 0.3 is 0 Å². The van der Waals surface area contributed by atoms with Gasteiger partial charge in [0.05, 0.1) is 0 Å². The fraction of sp³-hybridized carbons (Fsp3) is 1.00. The van der Waals surface area contributed by atoms with Crippen LogP contribution in [0, 0.1) is 5.41 Å². The zero-order valence-corrected chi connectivity index (χ0v) is 11.4. The number of fused-ring (bicyclic) bond motifs is 1. The number of rotatable bonds is 4. The standard InChI is InChI=1S/C15H28N2/c1-2-15(8-3-4-9-15)12-16-13-7-11-17-10-5-6-14(13)17/h13-14,16H,2-12H2,1H3. The molecule has 98 valence electrons. The van der Waals surface area contributed by atoms with Crippen LogP contribution < -0.4 is 5.32 Å². The lowest BCUT2D eigenvalue weighted by Crippen LogP contribution is -2.43. The van der Waals surface area contributed by atoms with Crippen LogP contribution in [0.2, 0.25) is 0 Å². The minimum atomic E-state index is 0.659. The van der Waals surface area contributed by atoms with Gasteiger partial charge in [-0.2, -0.15) is 0 Å². The van der Waals surface area contributed by atoms with Crippen LogP contribution in [0.15, 0.2) is 0 Å². The molecule has 1 N–H and O–H groups in total. The maximum absolute atomic E-state index is 3.95. The lowest BCUT2D eigenvalue weighted by molar-refractivity contribution is 0.237. The Hall–Kier alpha value is -0.0800. The Morgan fingerprint density at radius 2 is 1.94 bits per heavy atom. The lowest BCUT2D eigenvalue weighted by Gasteiger charge is -2.31. The molecule has 2 atom stereocenters. The van der Waals surface area contributed by atoms with Crippen LogP contribution in [-0.4, -0.2) is 36.6 Å². The summed E-state index contributed by atoms with van der Waals surface area (Å²) in [5.74, 6) is 0. The van der Waals surface area contributed by atoms with E-state index in [-0.39, 0.29) is 0 Å². The quantitative estimate of drug-likeness (QED) is 0.807. The fourth-order valence-corrected chi connectivity index (χ4v) is 4.45. The van der Waals surface area contributed by atoms with Gasteiger partial charge < -0.3 is 5.32 Å². The Labute approximate surface area is 106 Å². The van der Waals surface area contributed by atoms with Crippen LogP contribution >= 0.6 is 0 Å². The minimum Gasteiger partial charge on any atom is -0.312 e. The van der Waals surface area contributed by atoms with Crippen LogP contribution in [0.1, 0.15) is 58.3 Å². The van der Waals surface area contributed by atoms with Gasteiger partial charge in [0.1, 0.15) is 0 Å². The van der Waals surface area contributed by atoms with Crippen LogP contribution in [0.5, 0.6) is 0 Å². The van der Waals surface area contributed by atoms with E-state index < -0.39 is 0 Å². The highest BCUT2D eigenvalue weighted by molar-refractivity contribution is 4.97. The first-order valence-electron chi connectivity index (χ1n) is 7.80. The zero-order chi connectivity index (χ0) is 11.7. The molecular weight excluding hydrogens is 208 g/mol. The molecule has 0 aromatic heterocycles. The third-order valence-corrected chi connectivity index (χ3v) is 5.76. The van der Waals surface area contributed by atoms with Crippen LogP contribution in [0.25, 0.3) is 0 Å². The summed E-state index contributed by atoms with van der Waals surface area (Å²) in [6.07, 6.45) is 11.5. The Kier molecular flexibility index (Phi) is 3.45. The van der Waals surface area contributed by atoms with Crippen LogP contribution in [-0.2, 0) is 0 Å². The third kappa shape index (κ3) is 2.26. The molecule has 2 heterocycles. The molecule has 2 heteroatoms. The van der Waals surface area contributed by atoms with Crippen molar-refractivity contribution in [3.8, 4) is 0 Å². The fourth-order valence-electron chi connectivity index (χ4n) is 4.45. The second kappa shape index (κ2) is 4.89.